The Morgan fingerprint density at radius 1 is 1.12 bits per heavy atom. The van der Waals surface area contributed by atoms with Crippen molar-refractivity contribution in [3.63, 3.8) is 0 Å². The van der Waals surface area contributed by atoms with Gasteiger partial charge in [0, 0.05) is 37.8 Å². The van der Waals surface area contributed by atoms with E-state index >= 15 is 0 Å². The van der Waals surface area contributed by atoms with Gasteiger partial charge in [-0.3, -0.25) is 14.5 Å². The standard InChI is InChI=1S/C18H25N3O3/c1-2-24-16-7-3-14(4-8-16)18(23)19-13-17(22)21-11-9-20(10-12-21)15-5-6-15/h3-4,7-8,15H,2,5-6,9-13H2,1H3,(H,19,23). The van der Waals surface area contributed by atoms with Gasteiger partial charge in [0.05, 0.1) is 13.2 Å². The number of piperazine rings is 1. The summed E-state index contributed by atoms with van der Waals surface area (Å²) in [5, 5.41) is 2.71. The third-order valence-corrected chi connectivity index (χ3v) is 4.56. The Labute approximate surface area is 142 Å². The molecule has 0 radical (unpaired) electrons. The molecule has 1 aliphatic heterocycles. The summed E-state index contributed by atoms with van der Waals surface area (Å²) in [6.45, 7) is 5.97. The molecule has 2 fully saturated rings. The van der Waals surface area contributed by atoms with Crippen LogP contribution in [-0.2, 0) is 4.79 Å². The van der Waals surface area contributed by atoms with Crippen molar-refractivity contribution < 1.29 is 14.3 Å². The van der Waals surface area contributed by atoms with Crippen molar-refractivity contribution in [3.8, 4) is 5.75 Å². The smallest absolute Gasteiger partial charge is 0.251 e. The second-order valence-electron chi connectivity index (χ2n) is 6.29. The van der Waals surface area contributed by atoms with Crippen molar-refractivity contribution in [2.75, 3.05) is 39.3 Å². The van der Waals surface area contributed by atoms with Gasteiger partial charge in [-0.2, -0.15) is 0 Å². The van der Waals surface area contributed by atoms with Gasteiger partial charge in [-0.1, -0.05) is 0 Å². The maximum Gasteiger partial charge on any atom is 0.251 e. The average Bonchev–Trinajstić information content (AvgIpc) is 3.45. The highest BCUT2D eigenvalue weighted by atomic mass is 16.5. The highest BCUT2D eigenvalue weighted by Crippen LogP contribution is 2.27. The molecule has 1 N–H and O–H groups in total. The van der Waals surface area contributed by atoms with Crippen molar-refractivity contribution in [1.82, 2.24) is 15.1 Å². The second kappa shape index (κ2) is 7.66. The lowest BCUT2D eigenvalue weighted by molar-refractivity contribution is -0.131. The summed E-state index contributed by atoms with van der Waals surface area (Å²) in [7, 11) is 0. The molecule has 0 unspecified atom stereocenters. The summed E-state index contributed by atoms with van der Waals surface area (Å²) in [4.78, 5) is 28.7. The van der Waals surface area contributed by atoms with Gasteiger partial charge in [0.2, 0.25) is 5.91 Å². The minimum atomic E-state index is -0.233. The summed E-state index contributed by atoms with van der Waals surface area (Å²) in [6, 6.07) is 7.69. The number of nitrogens with one attached hydrogen (secondary N) is 1. The summed E-state index contributed by atoms with van der Waals surface area (Å²) in [5.74, 6) is 0.492. The highest BCUT2D eigenvalue weighted by molar-refractivity contribution is 5.96. The number of ether oxygens (including phenoxy) is 1. The molecule has 2 amide bonds. The molecular formula is C18H25N3O3. The van der Waals surface area contributed by atoms with E-state index in [-0.39, 0.29) is 18.4 Å². The van der Waals surface area contributed by atoms with Crippen LogP contribution in [0.5, 0.6) is 5.75 Å². The van der Waals surface area contributed by atoms with Crippen LogP contribution in [0.15, 0.2) is 24.3 Å². The Bertz CT molecular complexity index is 576. The van der Waals surface area contributed by atoms with Gasteiger partial charge in [0.15, 0.2) is 0 Å². The van der Waals surface area contributed by atoms with Gasteiger partial charge >= 0.3 is 0 Å². The Hall–Kier alpha value is -2.08. The maximum atomic E-state index is 12.2. The van der Waals surface area contributed by atoms with Crippen LogP contribution in [0.1, 0.15) is 30.1 Å². The molecule has 130 valence electrons. The molecule has 0 atom stereocenters. The van der Waals surface area contributed by atoms with Crippen LogP contribution in [0.4, 0.5) is 0 Å². The molecule has 2 aliphatic rings. The average molecular weight is 331 g/mol. The maximum absolute atomic E-state index is 12.2. The zero-order chi connectivity index (χ0) is 16.9. The van der Waals surface area contributed by atoms with E-state index < -0.39 is 0 Å². The molecule has 3 rings (SSSR count). The van der Waals surface area contributed by atoms with Crippen LogP contribution >= 0.6 is 0 Å². The molecular weight excluding hydrogens is 306 g/mol. The molecule has 0 aromatic heterocycles. The predicted molar refractivity (Wildman–Crippen MR) is 91.1 cm³/mol. The van der Waals surface area contributed by atoms with Crippen LogP contribution in [-0.4, -0.2) is 67.0 Å². The van der Waals surface area contributed by atoms with Crippen LogP contribution in [0, 0.1) is 0 Å². The van der Waals surface area contributed by atoms with Crippen molar-refractivity contribution in [3.05, 3.63) is 29.8 Å². The topological polar surface area (TPSA) is 61.9 Å². The SMILES string of the molecule is CCOc1ccc(C(=O)NCC(=O)N2CCN(C3CC3)CC2)cc1. The normalized spacial score (nSPS) is 18.3. The fourth-order valence-electron chi connectivity index (χ4n) is 3.02. The first-order valence-electron chi connectivity index (χ1n) is 8.70. The zero-order valence-electron chi connectivity index (χ0n) is 14.2. The van der Waals surface area contributed by atoms with E-state index in [9.17, 15) is 9.59 Å². The van der Waals surface area contributed by atoms with Gasteiger partial charge in [0.25, 0.3) is 5.91 Å². The third kappa shape index (κ3) is 4.26. The molecule has 6 nitrogen and oxygen atoms in total. The Morgan fingerprint density at radius 2 is 1.79 bits per heavy atom. The highest BCUT2D eigenvalue weighted by Gasteiger charge is 2.32. The Balaban J connectivity index is 1.42. The predicted octanol–water partition coefficient (Wildman–Crippen LogP) is 1.12. The van der Waals surface area contributed by atoms with E-state index in [0.717, 1.165) is 38.0 Å². The van der Waals surface area contributed by atoms with Crippen LogP contribution in [0.2, 0.25) is 0 Å². The lowest BCUT2D eigenvalue weighted by Crippen LogP contribution is -2.51. The van der Waals surface area contributed by atoms with Crippen LogP contribution in [0.25, 0.3) is 0 Å². The van der Waals surface area contributed by atoms with Gasteiger partial charge in [0.1, 0.15) is 5.75 Å². The summed E-state index contributed by atoms with van der Waals surface area (Å²) >= 11 is 0. The van der Waals surface area contributed by atoms with Crippen molar-refractivity contribution >= 4 is 11.8 Å². The van der Waals surface area contributed by atoms with E-state index in [1.807, 2.05) is 11.8 Å². The number of carbonyl (C=O) groups is 2. The van der Waals surface area contributed by atoms with Crippen LogP contribution in [0.3, 0.4) is 0 Å². The van der Waals surface area contributed by atoms with Gasteiger partial charge in [-0.15, -0.1) is 0 Å². The number of benzene rings is 1. The summed E-state index contributed by atoms with van der Waals surface area (Å²) in [5.41, 5.74) is 0.532. The van der Waals surface area contributed by atoms with E-state index in [4.69, 9.17) is 4.74 Å². The fraction of sp³-hybridized carbons (Fsp3) is 0.556. The molecule has 1 aromatic rings. The molecule has 1 heterocycles. The number of amides is 2. The van der Waals surface area contributed by atoms with E-state index in [1.165, 1.54) is 12.8 Å². The first-order valence-corrected chi connectivity index (χ1v) is 8.70. The minimum Gasteiger partial charge on any atom is -0.494 e. The Kier molecular flexibility index (Phi) is 5.35. The van der Waals surface area contributed by atoms with E-state index in [2.05, 4.69) is 10.2 Å². The van der Waals surface area contributed by atoms with Crippen molar-refractivity contribution in [2.45, 2.75) is 25.8 Å². The Morgan fingerprint density at radius 3 is 2.38 bits per heavy atom. The largest absolute Gasteiger partial charge is 0.494 e. The van der Waals surface area contributed by atoms with Gasteiger partial charge < -0.3 is 15.0 Å². The summed E-state index contributed by atoms with van der Waals surface area (Å²) in [6.07, 6.45) is 2.60. The second-order valence-corrected chi connectivity index (χ2v) is 6.29. The fourth-order valence-corrected chi connectivity index (χ4v) is 3.02. The first-order chi connectivity index (χ1) is 11.7. The van der Waals surface area contributed by atoms with E-state index in [1.54, 1.807) is 24.3 Å². The number of carbonyl (C=O) groups excluding carboxylic acids is 2. The molecule has 24 heavy (non-hydrogen) atoms. The number of hydrogen-bond acceptors (Lipinski definition) is 4. The molecule has 1 aliphatic carbocycles. The van der Waals surface area contributed by atoms with Crippen molar-refractivity contribution in [1.29, 1.82) is 0 Å². The summed E-state index contributed by atoms with van der Waals surface area (Å²) < 4.78 is 5.35. The van der Waals surface area contributed by atoms with Gasteiger partial charge in [-0.25, -0.2) is 0 Å². The quantitative estimate of drug-likeness (QED) is 0.849. The van der Waals surface area contributed by atoms with Crippen molar-refractivity contribution in [2.24, 2.45) is 0 Å². The lowest BCUT2D eigenvalue weighted by Gasteiger charge is -2.34. The number of rotatable bonds is 6. The molecule has 1 saturated heterocycles. The first kappa shape index (κ1) is 16.8. The van der Waals surface area contributed by atoms with E-state index in [0.29, 0.717) is 12.2 Å². The van der Waals surface area contributed by atoms with Crippen LogP contribution < -0.4 is 10.1 Å². The third-order valence-electron chi connectivity index (χ3n) is 4.56. The monoisotopic (exact) mass is 331 g/mol. The molecule has 1 aromatic carbocycles. The lowest BCUT2D eigenvalue weighted by atomic mass is 10.2. The number of nitrogens with zero attached hydrogens (tertiary/aromatic N) is 2. The molecule has 1 saturated carbocycles. The molecule has 0 bridgehead atoms. The zero-order valence-corrected chi connectivity index (χ0v) is 14.2. The minimum absolute atomic E-state index is 0.00951. The molecule has 0 spiro atoms. The van der Waals surface area contributed by atoms with Gasteiger partial charge in [-0.05, 0) is 44.0 Å². The number of hydrogen-bond donors (Lipinski definition) is 1. The molecule has 6 heteroatoms.